The normalized spacial score (nSPS) is 23.7. The van der Waals surface area contributed by atoms with Crippen molar-refractivity contribution >= 4 is 0 Å². The fourth-order valence-electron chi connectivity index (χ4n) is 3.87. The number of likely N-dealkylation sites (tertiary alicyclic amines) is 1. The van der Waals surface area contributed by atoms with E-state index in [1.54, 1.807) is 0 Å². The van der Waals surface area contributed by atoms with E-state index in [9.17, 15) is 0 Å². The van der Waals surface area contributed by atoms with Crippen molar-refractivity contribution in [1.82, 2.24) is 25.2 Å². The average Bonchev–Trinajstić information content (AvgIpc) is 3.19. The third-order valence-corrected chi connectivity index (χ3v) is 5.13. The zero-order valence-electron chi connectivity index (χ0n) is 13.8. The van der Waals surface area contributed by atoms with Crippen LogP contribution >= 0.6 is 0 Å². The molecule has 0 aliphatic carbocycles. The molecule has 1 saturated heterocycles. The van der Waals surface area contributed by atoms with Gasteiger partial charge in [0.25, 0.3) is 0 Å². The first kappa shape index (κ1) is 14.8. The monoisotopic (exact) mass is 311 g/mol. The molecule has 4 rings (SSSR count). The van der Waals surface area contributed by atoms with Gasteiger partial charge < -0.3 is 5.32 Å². The molecule has 1 aromatic heterocycles. The second-order valence-electron chi connectivity index (χ2n) is 6.72. The molecule has 3 heterocycles. The van der Waals surface area contributed by atoms with Crippen LogP contribution in [-0.2, 0) is 6.54 Å². The van der Waals surface area contributed by atoms with Crippen molar-refractivity contribution in [3.63, 3.8) is 0 Å². The van der Waals surface area contributed by atoms with Gasteiger partial charge in [0.2, 0.25) is 0 Å². The van der Waals surface area contributed by atoms with Gasteiger partial charge in [-0.25, -0.2) is 4.68 Å². The molecular formula is C18H25N5. The quantitative estimate of drug-likeness (QED) is 0.862. The highest BCUT2D eigenvalue weighted by atomic mass is 15.5. The summed E-state index contributed by atoms with van der Waals surface area (Å²) in [6, 6.07) is 11.3. The number of aromatic nitrogens is 3. The molecule has 122 valence electrons. The van der Waals surface area contributed by atoms with Crippen molar-refractivity contribution in [2.75, 3.05) is 19.6 Å². The second-order valence-corrected chi connectivity index (χ2v) is 6.72. The first-order valence-corrected chi connectivity index (χ1v) is 8.82. The fraction of sp³-hybridized carbons (Fsp3) is 0.556. The summed E-state index contributed by atoms with van der Waals surface area (Å²) in [5.74, 6) is 0. The van der Waals surface area contributed by atoms with Gasteiger partial charge in [-0.15, -0.1) is 5.10 Å². The lowest BCUT2D eigenvalue weighted by molar-refractivity contribution is 0.307. The standard InChI is InChI=1S/C18H25N5/c1-2-3-7-10-22-12-15-17(13-22)23-16(11-19-15)18(20-21-23)14-8-5-4-6-9-14/h4-6,8-9,15,17,19H,2-3,7,10-13H2,1H3/t15-,17+/m0/s1. The third kappa shape index (κ3) is 2.79. The van der Waals surface area contributed by atoms with Crippen LogP contribution in [0.15, 0.2) is 30.3 Å². The van der Waals surface area contributed by atoms with Crippen molar-refractivity contribution in [3.05, 3.63) is 36.0 Å². The molecule has 2 aliphatic heterocycles. The van der Waals surface area contributed by atoms with E-state index in [1.807, 2.05) is 6.07 Å². The Morgan fingerprint density at radius 2 is 2.04 bits per heavy atom. The summed E-state index contributed by atoms with van der Waals surface area (Å²) in [6.07, 6.45) is 3.91. The number of nitrogens with one attached hydrogen (secondary N) is 1. The molecule has 0 unspecified atom stereocenters. The molecular weight excluding hydrogens is 286 g/mol. The smallest absolute Gasteiger partial charge is 0.117 e. The largest absolute Gasteiger partial charge is 0.305 e. The lowest BCUT2D eigenvalue weighted by atomic mass is 10.1. The third-order valence-electron chi connectivity index (χ3n) is 5.13. The fourth-order valence-corrected chi connectivity index (χ4v) is 3.87. The molecule has 0 bridgehead atoms. The van der Waals surface area contributed by atoms with Crippen molar-refractivity contribution in [2.24, 2.45) is 0 Å². The molecule has 1 aromatic carbocycles. The Labute approximate surface area is 137 Å². The molecule has 1 N–H and O–H groups in total. The molecule has 23 heavy (non-hydrogen) atoms. The lowest BCUT2D eigenvalue weighted by Crippen LogP contribution is -2.42. The molecule has 0 spiro atoms. The van der Waals surface area contributed by atoms with Crippen LogP contribution < -0.4 is 5.32 Å². The van der Waals surface area contributed by atoms with Gasteiger partial charge in [-0.05, 0) is 13.0 Å². The van der Waals surface area contributed by atoms with Crippen LogP contribution in [0.3, 0.4) is 0 Å². The topological polar surface area (TPSA) is 46.0 Å². The van der Waals surface area contributed by atoms with Crippen LogP contribution in [0.25, 0.3) is 11.3 Å². The van der Waals surface area contributed by atoms with Gasteiger partial charge in [0, 0.05) is 31.2 Å². The van der Waals surface area contributed by atoms with Crippen LogP contribution in [0, 0.1) is 0 Å². The number of fused-ring (bicyclic) bond motifs is 3. The van der Waals surface area contributed by atoms with Gasteiger partial charge in [-0.2, -0.15) is 0 Å². The Morgan fingerprint density at radius 1 is 1.17 bits per heavy atom. The lowest BCUT2D eigenvalue weighted by Gasteiger charge is -2.27. The van der Waals surface area contributed by atoms with Crippen molar-refractivity contribution in [3.8, 4) is 11.3 Å². The molecule has 5 nitrogen and oxygen atoms in total. The van der Waals surface area contributed by atoms with Gasteiger partial charge in [0.15, 0.2) is 0 Å². The minimum Gasteiger partial charge on any atom is -0.305 e. The maximum absolute atomic E-state index is 4.51. The maximum atomic E-state index is 4.51. The van der Waals surface area contributed by atoms with Crippen LogP contribution in [0.2, 0.25) is 0 Å². The van der Waals surface area contributed by atoms with Crippen molar-refractivity contribution < 1.29 is 0 Å². The van der Waals surface area contributed by atoms with Gasteiger partial charge in [-0.3, -0.25) is 4.90 Å². The van der Waals surface area contributed by atoms with E-state index in [0.717, 1.165) is 30.9 Å². The Kier molecular flexibility index (Phi) is 4.14. The van der Waals surface area contributed by atoms with Gasteiger partial charge in [0.05, 0.1) is 11.7 Å². The van der Waals surface area contributed by atoms with Gasteiger partial charge in [0.1, 0.15) is 5.69 Å². The summed E-state index contributed by atoms with van der Waals surface area (Å²) < 4.78 is 2.18. The first-order valence-electron chi connectivity index (χ1n) is 8.82. The minimum absolute atomic E-state index is 0.422. The summed E-state index contributed by atoms with van der Waals surface area (Å²) in [5.41, 5.74) is 3.42. The zero-order valence-corrected chi connectivity index (χ0v) is 13.8. The number of nitrogens with zero attached hydrogens (tertiary/aromatic N) is 4. The number of benzene rings is 1. The first-order chi connectivity index (χ1) is 11.4. The summed E-state index contributed by atoms with van der Waals surface area (Å²) >= 11 is 0. The van der Waals surface area contributed by atoms with E-state index in [2.05, 4.69) is 56.4 Å². The summed E-state index contributed by atoms with van der Waals surface area (Å²) in [4.78, 5) is 2.58. The highest BCUT2D eigenvalue weighted by molar-refractivity contribution is 5.61. The van der Waals surface area contributed by atoms with Crippen molar-refractivity contribution in [1.29, 1.82) is 0 Å². The number of rotatable bonds is 5. The zero-order chi connectivity index (χ0) is 15.6. The summed E-state index contributed by atoms with van der Waals surface area (Å²) in [5, 5.41) is 12.7. The van der Waals surface area contributed by atoms with Crippen LogP contribution in [0.5, 0.6) is 0 Å². The maximum Gasteiger partial charge on any atom is 0.117 e. The number of hydrogen-bond acceptors (Lipinski definition) is 4. The molecule has 2 aromatic rings. The van der Waals surface area contributed by atoms with E-state index in [0.29, 0.717) is 12.1 Å². The van der Waals surface area contributed by atoms with Crippen LogP contribution in [0.1, 0.15) is 37.9 Å². The highest BCUT2D eigenvalue weighted by Gasteiger charge is 2.39. The number of unbranched alkanes of at least 4 members (excludes halogenated alkanes) is 2. The van der Waals surface area contributed by atoms with E-state index < -0.39 is 0 Å². The minimum atomic E-state index is 0.422. The Bertz CT molecular complexity index is 651. The van der Waals surface area contributed by atoms with E-state index in [-0.39, 0.29) is 0 Å². The predicted molar refractivity (Wildman–Crippen MR) is 91.1 cm³/mol. The van der Waals surface area contributed by atoms with E-state index >= 15 is 0 Å². The molecule has 2 atom stereocenters. The molecule has 0 saturated carbocycles. The number of hydrogen-bond donors (Lipinski definition) is 1. The Hall–Kier alpha value is -1.72. The highest BCUT2D eigenvalue weighted by Crippen LogP contribution is 2.31. The summed E-state index contributed by atoms with van der Waals surface area (Å²) in [7, 11) is 0. The Morgan fingerprint density at radius 3 is 2.87 bits per heavy atom. The molecule has 1 fully saturated rings. The Balaban J connectivity index is 1.53. The molecule has 0 radical (unpaired) electrons. The van der Waals surface area contributed by atoms with Gasteiger partial charge >= 0.3 is 0 Å². The molecule has 0 amide bonds. The van der Waals surface area contributed by atoms with E-state index in [4.69, 9.17) is 0 Å². The predicted octanol–water partition coefficient (Wildman–Crippen LogP) is 2.46. The second kappa shape index (κ2) is 6.42. The molecule has 5 heteroatoms. The SMILES string of the molecule is CCCCCN1C[C@@H]2NCc3c(-c4ccccc4)nnn3[C@@H]2C1. The van der Waals surface area contributed by atoms with Crippen molar-refractivity contribution in [2.45, 2.75) is 44.8 Å². The van der Waals surface area contributed by atoms with Crippen LogP contribution in [0.4, 0.5) is 0 Å². The van der Waals surface area contributed by atoms with E-state index in [1.165, 1.54) is 31.5 Å². The van der Waals surface area contributed by atoms with Crippen LogP contribution in [-0.4, -0.2) is 45.6 Å². The molecule has 2 aliphatic rings. The van der Waals surface area contributed by atoms with Gasteiger partial charge in [-0.1, -0.05) is 55.3 Å². The average molecular weight is 311 g/mol. The summed E-state index contributed by atoms with van der Waals surface area (Å²) in [6.45, 7) is 6.55.